The number of hydrogen-bond donors (Lipinski definition) is 0. The molecule has 0 atom stereocenters. The Hall–Kier alpha value is -1.86. The molecular weight excluding hydrogens is 264 g/mol. The van der Waals surface area contributed by atoms with Crippen LogP contribution in [0.15, 0.2) is 12.1 Å². The minimum absolute atomic E-state index is 0.178. The van der Waals surface area contributed by atoms with Crippen molar-refractivity contribution in [3.8, 4) is 11.8 Å². The van der Waals surface area contributed by atoms with Crippen LogP contribution in [0, 0.1) is 24.2 Å². The van der Waals surface area contributed by atoms with Gasteiger partial charge in [-0.15, -0.1) is 0 Å². The first-order chi connectivity index (χ1) is 10.1. The second kappa shape index (κ2) is 5.50. The predicted octanol–water partition coefficient (Wildman–Crippen LogP) is 2.01. The second-order valence-corrected chi connectivity index (χ2v) is 6.00. The SMILES string of the molecule is COC(=O)c1cc(C#CC23CCN(CC2)CC3)cc(C)n1. The molecule has 2 bridgehead atoms. The maximum Gasteiger partial charge on any atom is 0.356 e. The maximum atomic E-state index is 11.6. The van der Waals surface area contributed by atoms with Crippen LogP contribution in [0.4, 0.5) is 0 Å². The Balaban J connectivity index is 1.87. The summed E-state index contributed by atoms with van der Waals surface area (Å²) in [6.07, 6.45) is 3.48. The Morgan fingerprint density at radius 2 is 1.95 bits per heavy atom. The van der Waals surface area contributed by atoms with Gasteiger partial charge in [0.2, 0.25) is 0 Å². The summed E-state index contributed by atoms with van der Waals surface area (Å²) in [4.78, 5) is 18.3. The fourth-order valence-electron chi connectivity index (χ4n) is 3.17. The van der Waals surface area contributed by atoms with Gasteiger partial charge in [0.1, 0.15) is 5.69 Å². The van der Waals surface area contributed by atoms with Crippen LogP contribution in [0.1, 0.15) is 41.0 Å². The molecule has 4 heteroatoms. The highest BCUT2D eigenvalue weighted by Crippen LogP contribution is 2.39. The number of esters is 1. The fourth-order valence-corrected chi connectivity index (χ4v) is 3.17. The Labute approximate surface area is 125 Å². The minimum atomic E-state index is -0.411. The van der Waals surface area contributed by atoms with Gasteiger partial charge >= 0.3 is 5.97 Å². The summed E-state index contributed by atoms with van der Waals surface area (Å²) in [6, 6.07) is 3.65. The number of aromatic nitrogens is 1. The molecule has 0 radical (unpaired) electrons. The van der Waals surface area contributed by atoms with Crippen LogP contribution >= 0.6 is 0 Å². The highest BCUT2D eigenvalue weighted by molar-refractivity contribution is 5.87. The first kappa shape index (κ1) is 14.1. The molecule has 4 nitrogen and oxygen atoms in total. The van der Waals surface area contributed by atoms with Crippen LogP contribution in [0.5, 0.6) is 0 Å². The molecule has 0 amide bonds. The Bertz CT molecular complexity index is 606. The van der Waals surface area contributed by atoms with E-state index in [4.69, 9.17) is 4.74 Å². The molecule has 0 saturated carbocycles. The number of piperidine rings is 3. The quantitative estimate of drug-likeness (QED) is 0.584. The number of pyridine rings is 1. The summed E-state index contributed by atoms with van der Waals surface area (Å²) in [5.41, 5.74) is 2.15. The molecule has 3 saturated heterocycles. The van der Waals surface area contributed by atoms with Crippen molar-refractivity contribution in [1.29, 1.82) is 0 Å². The molecule has 0 unspecified atom stereocenters. The summed E-state index contributed by atoms with van der Waals surface area (Å²) < 4.78 is 4.73. The van der Waals surface area contributed by atoms with Crippen molar-refractivity contribution >= 4 is 5.97 Å². The molecule has 1 aromatic rings. The molecule has 0 N–H and O–H groups in total. The van der Waals surface area contributed by atoms with Crippen LogP contribution in [-0.2, 0) is 4.74 Å². The summed E-state index contributed by atoms with van der Waals surface area (Å²) >= 11 is 0. The number of methoxy groups -OCH3 is 1. The number of fused-ring (bicyclic) bond motifs is 3. The molecule has 4 heterocycles. The van der Waals surface area contributed by atoms with Gasteiger partial charge in [-0.1, -0.05) is 11.8 Å². The number of carbonyl (C=O) groups excluding carboxylic acids is 1. The molecule has 110 valence electrons. The lowest BCUT2D eigenvalue weighted by Crippen LogP contribution is -2.47. The number of carbonyl (C=O) groups is 1. The molecule has 0 aromatic carbocycles. The zero-order valence-corrected chi connectivity index (χ0v) is 12.6. The number of hydrogen-bond acceptors (Lipinski definition) is 4. The van der Waals surface area contributed by atoms with E-state index >= 15 is 0 Å². The van der Waals surface area contributed by atoms with Gasteiger partial charge in [-0.2, -0.15) is 0 Å². The first-order valence-electron chi connectivity index (χ1n) is 7.43. The standard InChI is InChI=1S/C17H20N2O2/c1-13-11-14(12-15(18-13)16(20)21-2)3-4-17-5-8-19(9-6-17)10-7-17/h11-12H,5-10H2,1-2H3. The maximum absolute atomic E-state index is 11.6. The lowest BCUT2D eigenvalue weighted by atomic mass is 9.72. The van der Waals surface area contributed by atoms with E-state index in [1.54, 1.807) is 6.07 Å². The number of rotatable bonds is 1. The summed E-state index contributed by atoms with van der Waals surface area (Å²) in [5.74, 6) is 6.36. The zero-order valence-electron chi connectivity index (χ0n) is 12.6. The van der Waals surface area contributed by atoms with E-state index in [0.717, 1.165) is 50.2 Å². The molecule has 3 fully saturated rings. The molecule has 3 aliphatic heterocycles. The van der Waals surface area contributed by atoms with Crippen molar-refractivity contribution in [1.82, 2.24) is 9.88 Å². The van der Waals surface area contributed by atoms with Crippen LogP contribution < -0.4 is 0 Å². The van der Waals surface area contributed by atoms with E-state index in [2.05, 4.69) is 21.7 Å². The minimum Gasteiger partial charge on any atom is -0.464 e. The van der Waals surface area contributed by atoms with E-state index in [-0.39, 0.29) is 5.41 Å². The highest BCUT2D eigenvalue weighted by atomic mass is 16.5. The third-order valence-electron chi connectivity index (χ3n) is 4.54. The van der Waals surface area contributed by atoms with E-state index in [9.17, 15) is 4.79 Å². The average Bonchev–Trinajstić information content (AvgIpc) is 2.53. The van der Waals surface area contributed by atoms with Gasteiger partial charge in [-0.3, -0.25) is 0 Å². The molecule has 4 rings (SSSR count). The van der Waals surface area contributed by atoms with Gasteiger partial charge in [0.05, 0.1) is 7.11 Å². The summed E-state index contributed by atoms with van der Waals surface area (Å²) in [6.45, 7) is 5.36. The summed E-state index contributed by atoms with van der Waals surface area (Å²) in [5, 5.41) is 0. The first-order valence-corrected chi connectivity index (χ1v) is 7.43. The topological polar surface area (TPSA) is 42.4 Å². The monoisotopic (exact) mass is 284 g/mol. The average molecular weight is 284 g/mol. The van der Waals surface area contributed by atoms with Crippen molar-refractivity contribution in [3.05, 3.63) is 29.1 Å². The molecule has 0 spiro atoms. The van der Waals surface area contributed by atoms with Gasteiger partial charge in [0.25, 0.3) is 0 Å². The number of ether oxygens (including phenoxy) is 1. The predicted molar refractivity (Wildman–Crippen MR) is 79.9 cm³/mol. The van der Waals surface area contributed by atoms with Crippen LogP contribution in [0.2, 0.25) is 0 Å². The van der Waals surface area contributed by atoms with Gasteiger partial charge in [0.15, 0.2) is 0 Å². The fraction of sp³-hybridized carbons (Fsp3) is 0.529. The molecule has 21 heavy (non-hydrogen) atoms. The van der Waals surface area contributed by atoms with Gasteiger partial charge in [-0.25, -0.2) is 9.78 Å². The second-order valence-electron chi connectivity index (χ2n) is 6.00. The Morgan fingerprint density at radius 3 is 2.57 bits per heavy atom. The zero-order chi connectivity index (χ0) is 14.9. The van der Waals surface area contributed by atoms with Gasteiger partial charge in [-0.05, 0) is 58.0 Å². The molecule has 1 aromatic heterocycles. The molecular formula is C17H20N2O2. The molecule has 0 aliphatic carbocycles. The van der Waals surface area contributed by atoms with Crippen molar-refractivity contribution in [2.45, 2.75) is 26.2 Å². The van der Waals surface area contributed by atoms with Crippen molar-refractivity contribution in [2.24, 2.45) is 5.41 Å². The smallest absolute Gasteiger partial charge is 0.356 e. The Morgan fingerprint density at radius 1 is 1.29 bits per heavy atom. The largest absolute Gasteiger partial charge is 0.464 e. The van der Waals surface area contributed by atoms with Crippen LogP contribution in [0.25, 0.3) is 0 Å². The number of aryl methyl sites for hydroxylation is 1. The Kier molecular flexibility index (Phi) is 3.69. The van der Waals surface area contributed by atoms with E-state index in [1.807, 2.05) is 13.0 Å². The van der Waals surface area contributed by atoms with Crippen LogP contribution in [-0.4, -0.2) is 42.6 Å². The van der Waals surface area contributed by atoms with Crippen LogP contribution in [0.3, 0.4) is 0 Å². The summed E-state index contributed by atoms with van der Waals surface area (Å²) in [7, 11) is 1.37. The third-order valence-corrected chi connectivity index (χ3v) is 4.54. The lowest BCUT2D eigenvalue weighted by molar-refractivity contribution is 0.0593. The number of nitrogens with zero attached hydrogens (tertiary/aromatic N) is 2. The normalized spacial score (nSPS) is 26.9. The molecule has 3 aliphatic rings. The van der Waals surface area contributed by atoms with Crippen molar-refractivity contribution < 1.29 is 9.53 Å². The van der Waals surface area contributed by atoms with Crippen molar-refractivity contribution in [3.63, 3.8) is 0 Å². The third kappa shape index (κ3) is 2.93. The van der Waals surface area contributed by atoms with E-state index < -0.39 is 5.97 Å². The lowest BCUT2D eigenvalue weighted by Gasteiger charge is -2.45. The van der Waals surface area contributed by atoms with E-state index in [1.165, 1.54) is 7.11 Å². The highest BCUT2D eigenvalue weighted by Gasteiger charge is 2.37. The van der Waals surface area contributed by atoms with E-state index in [0.29, 0.717) is 5.69 Å². The van der Waals surface area contributed by atoms with Gasteiger partial charge in [0, 0.05) is 16.7 Å². The van der Waals surface area contributed by atoms with Crippen molar-refractivity contribution in [2.75, 3.05) is 26.7 Å². The van der Waals surface area contributed by atoms with Gasteiger partial charge < -0.3 is 9.64 Å².